The van der Waals surface area contributed by atoms with E-state index in [4.69, 9.17) is 9.47 Å². The molecule has 1 saturated heterocycles. The Balaban J connectivity index is 1.64. The number of nitrogens with one attached hydrogen (secondary N) is 1. The number of H-pyrrole nitrogens is 1. The predicted octanol–water partition coefficient (Wildman–Crippen LogP) is 1.70. The van der Waals surface area contributed by atoms with Gasteiger partial charge in [0.25, 0.3) is 0 Å². The summed E-state index contributed by atoms with van der Waals surface area (Å²) in [6.45, 7) is 3.20. The SMILES string of the molecule is COc1ccc(C)cc1CC(=O)N(C)C[C@H]1OCC[C@H]1c1ncn[nH]1. The zero-order valence-corrected chi connectivity index (χ0v) is 14.9. The van der Waals surface area contributed by atoms with Crippen LogP contribution in [0.1, 0.15) is 29.3 Å². The number of hydrogen-bond donors (Lipinski definition) is 1. The largest absolute Gasteiger partial charge is 0.496 e. The van der Waals surface area contributed by atoms with E-state index in [1.54, 1.807) is 12.0 Å². The normalized spacial score (nSPS) is 19.8. The van der Waals surface area contributed by atoms with Crippen molar-refractivity contribution in [3.05, 3.63) is 41.5 Å². The molecule has 7 heteroatoms. The Bertz CT molecular complexity index is 717. The number of nitrogens with zero attached hydrogens (tertiary/aromatic N) is 3. The number of ether oxygens (including phenoxy) is 2. The summed E-state index contributed by atoms with van der Waals surface area (Å²) in [5.74, 6) is 1.75. The predicted molar refractivity (Wildman–Crippen MR) is 92.6 cm³/mol. The van der Waals surface area contributed by atoms with Crippen LogP contribution in [0.5, 0.6) is 5.75 Å². The average molecular weight is 344 g/mol. The maximum absolute atomic E-state index is 12.7. The minimum absolute atomic E-state index is 0.0377. The lowest BCUT2D eigenvalue weighted by Crippen LogP contribution is -2.37. The van der Waals surface area contributed by atoms with Crippen molar-refractivity contribution in [2.45, 2.75) is 31.8 Å². The van der Waals surface area contributed by atoms with Crippen molar-refractivity contribution in [2.24, 2.45) is 0 Å². The van der Waals surface area contributed by atoms with Gasteiger partial charge in [-0.2, -0.15) is 5.10 Å². The van der Waals surface area contributed by atoms with Gasteiger partial charge in [0.1, 0.15) is 17.9 Å². The third-order valence-corrected chi connectivity index (χ3v) is 4.65. The topological polar surface area (TPSA) is 80.3 Å². The maximum Gasteiger partial charge on any atom is 0.226 e. The molecule has 2 heterocycles. The highest BCUT2D eigenvalue weighted by molar-refractivity contribution is 5.79. The van der Waals surface area contributed by atoms with E-state index in [1.807, 2.05) is 32.2 Å². The van der Waals surface area contributed by atoms with Gasteiger partial charge in [-0.1, -0.05) is 17.7 Å². The summed E-state index contributed by atoms with van der Waals surface area (Å²) >= 11 is 0. The second-order valence-corrected chi connectivity index (χ2v) is 6.44. The Labute approximate surface area is 147 Å². The highest BCUT2D eigenvalue weighted by Crippen LogP contribution is 2.29. The fourth-order valence-electron chi connectivity index (χ4n) is 3.25. The molecule has 7 nitrogen and oxygen atoms in total. The van der Waals surface area contributed by atoms with Crippen molar-refractivity contribution in [1.82, 2.24) is 20.1 Å². The van der Waals surface area contributed by atoms with E-state index >= 15 is 0 Å². The molecule has 1 aromatic heterocycles. The number of likely N-dealkylation sites (N-methyl/N-ethyl adjacent to an activating group) is 1. The molecule has 1 aliphatic heterocycles. The van der Waals surface area contributed by atoms with E-state index < -0.39 is 0 Å². The number of methoxy groups -OCH3 is 1. The van der Waals surface area contributed by atoms with E-state index in [2.05, 4.69) is 15.2 Å². The molecule has 2 atom stereocenters. The number of amides is 1. The monoisotopic (exact) mass is 344 g/mol. The molecule has 3 rings (SSSR count). The summed E-state index contributed by atoms with van der Waals surface area (Å²) in [5.41, 5.74) is 2.01. The Morgan fingerprint density at radius 2 is 2.32 bits per heavy atom. The van der Waals surface area contributed by atoms with E-state index in [0.717, 1.165) is 29.1 Å². The van der Waals surface area contributed by atoms with E-state index in [-0.39, 0.29) is 17.9 Å². The molecule has 1 amide bonds. The van der Waals surface area contributed by atoms with Gasteiger partial charge in [0, 0.05) is 31.7 Å². The smallest absolute Gasteiger partial charge is 0.226 e. The fourth-order valence-corrected chi connectivity index (χ4v) is 3.25. The summed E-state index contributed by atoms with van der Waals surface area (Å²) < 4.78 is 11.2. The van der Waals surface area contributed by atoms with Gasteiger partial charge in [-0.3, -0.25) is 9.89 Å². The second kappa shape index (κ2) is 7.65. The summed E-state index contributed by atoms with van der Waals surface area (Å²) in [7, 11) is 3.43. The van der Waals surface area contributed by atoms with Gasteiger partial charge in [0.15, 0.2) is 0 Å². The number of carbonyl (C=O) groups is 1. The zero-order valence-electron chi connectivity index (χ0n) is 14.9. The van der Waals surface area contributed by atoms with Gasteiger partial charge in [-0.25, -0.2) is 4.98 Å². The first-order valence-corrected chi connectivity index (χ1v) is 8.43. The van der Waals surface area contributed by atoms with Gasteiger partial charge >= 0.3 is 0 Å². The lowest BCUT2D eigenvalue weighted by Gasteiger charge is -2.24. The summed E-state index contributed by atoms with van der Waals surface area (Å²) in [4.78, 5) is 18.6. The quantitative estimate of drug-likeness (QED) is 0.863. The lowest BCUT2D eigenvalue weighted by molar-refractivity contribution is -0.130. The van der Waals surface area contributed by atoms with Crippen molar-refractivity contribution in [3.63, 3.8) is 0 Å². The van der Waals surface area contributed by atoms with Crippen LogP contribution in [-0.4, -0.2) is 59.4 Å². The molecular weight excluding hydrogens is 320 g/mol. The van der Waals surface area contributed by atoms with Crippen LogP contribution in [0.3, 0.4) is 0 Å². The Hall–Kier alpha value is -2.41. The van der Waals surface area contributed by atoms with Crippen molar-refractivity contribution in [2.75, 3.05) is 27.3 Å². The molecule has 1 fully saturated rings. The first-order chi connectivity index (χ1) is 12.1. The van der Waals surface area contributed by atoms with E-state index in [1.165, 1.54) is 6.33 Å². The van der Waals surface area contributed by atoms with Gasteiger partial charge in [0.05, 0.1) is 19.6 Å². The number of rotatable bonds is 6. The molecule has 1 aliphatic rings. The Kier molecular flexibility index (Phi) is 5.33. The van der Waals surface area contributed by atoms with Gasteiger partial charge in [-0.15, -0.1) is 0 Å². The highest BCUT2D eigenvalue weighted by atomic mass is 16.5. The van der Waals surface area contributed by atoms with Crippen molar-refractivity contribution in [1.29, 1.82) is 0 Å². The minimum atomic E-state index is -0.0682. The van der Waals surface area contributed by atoms with Crippen molar-refractivity contribution >= 4 is 5.91 Å². The molecule has 0 spiro atoms. The molecule has 0 bridgehead atoms. The van der Waals surface area contributed by atoms with Gasteiger partial charge < -0.3 is 14.4 Å². The molecule has 0 aliphatic carbocycles. The summed E-state index contributed by atoms with van der Waals surface area (Å²) in [5, 5.41) is 6.82. The number of hydrogen-bond acceptors (Lipinski definition) is 5. The fraction of sp³-hybridized carbons (Fsp3) is 0.500. The molecule has 0 unspecified atom stereocenters. The third kappa shape index (κ3) is 3.99. The van der Waals surface area contributed by atoms with Crippen molar-refractivity contribution in [3.8, 4) is 5.75 Å². The van der Waals surface area contributed by atoms with Crippen LogP contribution in [0.2, 0.25) is 0 Å². The van der Waals surface area contributed by atoms with Crippen LogP contribution >= 0.6 is 0 Å². The first-order valence-electron chi connectivity index (χ1n) is 8.43. The molecule has 2 aromatic rings. The minimum Gasteiger partial charge on any atom is -0.496 e. The van der Waals surface area contributed by atoms with Crippen LogP contribution < -0.4 is 4.74 Å². The number of aromatic nitrogens is 3. The maximum atomic E-state index is 12.7. The Morgan fingerprint density at radius 1 is 1.48 bits per heavy atom. The number of aryl methyl sites for hydroxylation is 1. The van der Waals surface area contributed by atoms with Crippen LogP contribution in [0, 0.1) is 6.92 Å². The molecule has 25 heavy (non-hydrogen) atoms. The van der Waals surface area contributed by atoms with Gasteiger partial charge in [0.2, 0.25) is 5.91 Å². The van der Waals surface area contributed by atoms with Crippen LogP contribution in [-0.2, 0) is 16.0 Å². The molecule has 0 radical (unpaired) electrons. The molecule has 134 valence electrons. The van der Waals surface area contributed by atoms with E-state index in [0.29, 0.717) is 19.6 Å². The number of carbonyl (C=O) groups excluding carboxylic acids is 1. The van der Waals surface area contributed by atoms with Crippen molar-refractivity contribution < 1.29 is 14.3 Å². The molecule has 1 aromatic carbocycles. The van der Waals surface area contributed by atoms with Crippen LogP contribution in [0.15, 0.2) is 24.5 Å². The molecule has 1 N–H and O–H groups in total. The zero-order chi connectivity index (χ0) is 17.8. The number of aromatic amines is 1. The van der Waals surface area contributed by atoms with Gasteiger partial charge in [-0.05, 0) is 19.4 Å². The van der Waals surface area contributed by atoms with Crippen LogP contribution in [0.25, 0.3) is 0 Å². The second-order valence-electron chi connectivity index (χ2n) is 6.44. The number of benzene rings is 1. The lowest BCUT2D eigenvalue weighted by atomic mass is 10.00. The third-order valence-electron chi connectivity index (χ3n) is 4.65. The molecular formula is C18H24N4O3. The summed E-state index contributed by atoms with van der Waals surface area (Å²) in [6, 6.07) is 5.87. The summed E-state index contributed by atoms with van der Waals surface area (Å²) in [6.07, 6.45) is 2.62. The average Bonchev–Trinajstić information content (AvgIpc) is 3.26. The first kappa shape index (κ1) is 17.4. The molecule has 0 saturated carbocycles. The van der Waals surface area contributed by atoms with Crippen LogP contribution in [0.4, 0.5) is 0 Å². The van der Waals surface area contributed by atoms with E-state index in [9.17, 15) is 4.79 Å². The Morgan fingerprint density at radius 3 is 3.04 bits per heavy atom. The standard InChI is InChI=1S/C18H24N4O3/c1-12-4-5-15(24-3)13(8-12)9-17(23)22(2)10-16-14(6-7-25-16)18-19-11-20-21-18/h4-5,8,11,14,16H,6-7,9-10H2,1-3H3,(H,19,20,21)/t14-,16-/m1/s1. The highest BCUT2D eigenvalue weighted by Gasteiger charge is 2.33.